The molecule has 1 amide bonds. The van der Waals surface area contributed by atoms with E-state index in [1.54, 1.807) is 0 Å². The number of amidine groups is 1. The van der Waals surface area contributed by atoms with Crippen molar-refractivity contribution in [1.29, 1.82) is 0 Å². The summed E-state index contributed by atoms with van der Waals surface area (Å²) in [6.07, 6.45) is -2.34. The number of amides is 1. The average Bonchev–Trinajstić information content (AvgIpc) is 2.72. The lowest BCUT2D eigenvalue weighted by molar-refractivity contribution is 0.0487. The number of benzene rings is 2. The molecule has 0 aliphatic carbocycles. The third-order valence-corrected chi connectivity index (χ3v) is 5.15. The molecule has 9 heteroatoms. The van der Waals surface area contributed by atoms with Gasteiger partial charge in [-0.05, 0) is 17.7 Å². The van der Waals surface area contributed by atoms with Gasteiger partial charge in [-0.25, -0.2) is 23.0 Å². The van der Waals surface area contributed by atoms with Crippen molar-refractivity contribution in [2.75, 3.05) is 18.4 Å². The van der Waals surface area contributed by atoms with E-state index in [4.69, 9.17) is 10.5 Å². The summed E-state index contributed by atoms with van der Waals surface area (Å²) in [5.41, 5.74) is 4.63. The second-order valence-electron chi connectivity index (χ2n) is 7.03. The molecule has 1 saturated heterocycles. The molecule has 2 unspecified atom stereocenters. The second-order valence-corrected chi connectivity index (χ2v) is 7.03. The van der Waals surface area contributed by atoms with E-state index in [0.29, 0.717) is 0 Å². The van der Waals surface area contributed by atoms with E-state index in [1.165, 1.54) is 4.90 Å². The van der Waals surface area contributed by atoms with Gasteiger partial charge < -0.3 is 20.7 Å². The Labute approximate surface area is 165 Å². The molecule has 2 atom stereocenters. The van der Waals surface area contributed by atoms with Gasteiger partial charge in [-0.3, -0.25) is 0 Å². The van der Waals surface area contributed by atoms with Gasteiger partial charge in [0.05, 0.1) is 17.8 Å². The Kier molecular flexibility index (Phi) is 4.81. The Morgan fingerprint density at radius 2 is 1.97 bits per heavy atom. The standard InChI is InChI=1S/C20H19F3N4O2/c21-13-6-7-14(22)17-16(13)18(24)26-20(25-17)8-9-27(10-15(20)23)19(28)29-11-12-4-2-1-3-5-12/h1-7,15,25H,8-11H2,(H2,24,26). The number of rotatable bonds is 2. The summed E-state index contributed by atoms with van der Waals surface area (Å²) < 4.78 is 48.6. The maximum absolute atomic E-state index is 15.1. The van der Waals surface area contributed by atoms with Gasteiger partial charge >= 0.3 is 6.09 Å². The molecule has 2 aliphatic heterocycles. The molecule has 29 heavy (non-hydrogen) atoms. The number of alkyl halides is 1. The minimum atomic E-state index is -1.70. The lowest BCUT2D eigenvalue weighted by atomic mass is 9.92. The van der Waals surface area contributed by atoms with E-state index >= 15 is 4.39 Å². The van der Waals surface area contributed by atoms with Gasteiger partial charge in [0.15, 0.2) is 11.8 Å². The fraction of sp³-hybridized carbons (Fsp3) is 0.300. The maximum Gasteiger partial charge on any atom is 0.410 e. The Hall–Kier alpha value is -3.23. The molecular formula is C20H19F3N4O2. The number of carbonyl (C=O) groups excluding carboxylic acids is 1. The smallest absolute Gasteiger partial charge is 0.410 e. The highest BCUT2D eigenvalue weighted by Crippen LogP contribution is 2.38. The number of carbonyl (C=O) groups is 1. The minimum Gasteiger partial charge on any atom is -0.445 e. The van der Waals surface area contributed by atoms with Crippen molar-refractivity contribution < 1.29 is 22.7 Å². The van der Waals surface area contributed by atoms with Crippen molar-refractivity contribution in [1.82, 2.24) is 4.90 Å². The number of aliphatic imine (C=N–C) groups is 1. The number of hydrogen-bond acceptors (Lipinski definition) is 5. The fourth-order valence-corrected chi connectivity index (χ4v) is 3.58. The summed E-state index contributed by atoms with van der Waals surface area (Å²) in [5, 5.41) is 2.68. The molecule has 2 heterocycles. The molecule has 152 valence electrons. The van der Waals surface area contributed by atoms with Gasteiger partial charge in [-0.2, -0.15) is 0 Å². The lowest BCUT2D eigenvalue weighted by Gasteiger charge is -2.44. The highest BCUT2D eigenvalue weighted by molar-refractivity contribution is 6.04. The number of nitrogens with two attached hydrogens (primary N) is 1. The van der Waals surface area contributed by atoms with Crippen LogP contribution in [0.1, 0.15) is 17.5 Å². The first-order valence-electron chi connectivity index (χ1n) is 9.11. The van der Waals surface area contributed by atoms with Crippen molar-refractivity contribution >= 4 is 17.6 Å². The first-order chi connectivity index (χ1) is 13.9. The lowest BCUT2D eigenvalue weighted by Crippen LogP contribution is -2.60. The third-order valence-electron chi connectivity index (χ3n) is 5.15. The molecule has 2 aromatic rings. The van der Waals surface area contributed by atoms with Crippen LogP contribution in [-0.4, -0.2) is 41.8 Å². The number of piperidine rings is 1. The van der Waals surface area contributed by atoms with Gasteiger partial charge in [0, 0.05) is 13.0 Å². The molecule has 0 radical (unpaired) electrons. The number of halogens is 3. The molecular weight excluding hydrogens is 385 g/mol. The summed E-state index contributed by atoms with van der Waals surface area (Å²) in [6.45, 7) is -0.132. The summed E-state index contributed by atoms with van der Waals surface area (Å²) in [5.74, 6) is -1.78. The van der Waals surface area contributed by atoms with Crippen molar-refractivity contribution in [3.63, 3.8) is 0 Å². The van der Waals surface area contributed by atoms with Gasteiger partial charge in [0.25, 0.3) is 0 Å². The van der Waals surface area contributed by atoms with Gasteiger partial charge in [-0.15, -0.1) is 0 Å². The zero-order chi connectivity index (χ0) is 20.6. The van der Waals surface area contributed by atoms with Crippen LogP contribution in [0.3, 0.4) is 0 Å². The quantitative estimate of drug-likeness (QED) is 0.806. The van der Waals surface area contributed by atoms with E-state index in [-0.39, 0.29) is 43.2 Å². The monoisotopic (exact) mass is 404 g/mol. The van der Waals surface area contributed by atoms with E-state index in [2.05, 4.69) is 10.3 Å². The van der Waals surface area contributed by atoms with Gasteiger partial charge in [0.2, 0.25) is 0 Å². The molecule has 0 aromatic heterocycles. The SMILES string of the molecule is NC1=NC2(CCN(C(=O)OCc3ccccc3)CC2F)Nc2c(F)ccc(F)c21. The zero-order valence-corrected chi connectivity index (χ0v) is 15.4. The van der Waals surface area contributed by atoms with Crippen LogP contribution >= 0.6 is 0 Å². The number of nitrogens with one attached hydrogen (secondary N) is 1. The summed E-state index contributed by atoms with van der Waals surface area (Å²) in [7, 11) is 0. The number of likely N-dealkylation sites (tertiary alicyclic amines) is 1. The largest absolute Gasteiger partial charge is 0.445 e. The first kappa shape index (κ1) is 19.1. The predicted molar refractivity (Wildman–Crippen MR) is 101 cm³/mol. The van der Waals surface area contributed by atoms with Crippen molar-refractivity contribution in [2.45, 2.75) is 24.9 Å². The number of fused-ring (bicyclic) bond motifs is 1. The number of nitrogens with zero attached hydrogens (tertiary/aromatic N) is 2. The average molecular weight is 404 g/mol. The van der Waals surface area contributed by atoms with Crippen LogP contribution in [0.5, 0.6) is 0 Å². The molecule has 1 fully saturated rings. The number of hydrogen-bond donors (Lipinski definition) is 2. The predicted octanol–water partition coefficient (Wildman–Crippen LogP) is 3.17. The molecule has 4 rings (SSSR count). The van der Waals surface area contributed by atoms with E-state index in [1.807, 2.05) is 30.3 Å². The van der Waals surface area contributed by atoms with E-state index < -0.39 is 29.6 Å². The van der Waals surface area contributed by atoms with Crippen LogP contribution in [0, 0.1) is 11.6 Å². The molecule has 1 spiro atoms. The Bertz CT molecular complexity index is 970. The summed E-state index contributed by atoms with van der Waals surface area (Å²) in [6, 6.07) is 11.0. The van der Waals surface area contributed by atoms with E-state index in [0.717, 1.165) is 17.7 Å². The zero-order valence-electron chi connectivity index (χ0n) is 15.4. The van der Waals surface area contributed by atoms with Crippen LogP contribution in [0.15, 0.2) is 47.5 Å². The Morgan fingerprint density at radius 3 is 2.69 bits per heavy atom. The van der Waals surface area contributed by atoms with Crippen LogP contribution in [0.25, 0.3) is 0 Å². The first-order valence-corrected chi connectivity index (χ1v) is 9.11. The molecule has 2 aliphatic rings. The number of ether oxygens (including phenoxy) is 1. The fourth-order valence-electron chi connectivity index (χ4n) is 3.58. The van der Waals surface area contributed by atoms with Crippen LogP contribution in [-0.2, 0) is 11.3 Å². The molecule has 0 saturated carbocycles. The highest BCUT2D eigenvalue weighted by atomic mass is 19.1. The topological polar surface area (TPSA) is 80.0 Å². The molecule has 0 bridgehead atoms. The summed E-state index contributed by atoms with van der Waals surface area (Å²) >= 11 is 0. The van der Waals surface area contributed by atoms with Crippen LogP contribution in [0.2, 0.25) is 0 Å². The van der Waals surface area contributed by atoms with Gasteiger partial charge in [0.1, 0.15) is 24.1 Å². The molecule has 3 N–H and O–H groups in total. The van der Waals surface area contributed by atoms with Crippen LogP contribution in [0.4, 0.5) is 23.7 Å². The van der Waals surface area contributed by atoms with Crippen molar-refractivity contribution in [2.24, 2.45) is 10.7 Å². The molecule has 6 nitrogen and oxygen atoms in total. The molecule has 2 aromatic carbocycles. The Morgan fingerprint density at radius 1 is 1.24 bits per heavy atom. The number of anilines is 1. The third kappa shape index (κ3) is 3.48. The highest BCUT2D eigenvalue weighted by Gasteiger charge is 2.48. The van der Waals surface area contributed by atoms with Crippen molar-refractivity contribution in [3.05, 3.63) is 65.2 Å². The van der Waals surface area contributed by atoms with Gasteiger partial charge in [-0.1, -0.05) is 30.3 Å². The minimum absolute atomic E-state index is 0.0185. The summed E-state index contributed by atoms with van der Waals surface area (Å²) in [4.78, 5) is 17.6. The van der Waals surface area contributed by atoms with E-state index in [9.17, 15) is 13.6 Å². The van der Waals surface area contributed by atoms with Crippen LogP contribution < -0.4 is 11.1 Å². The maximum atomic E-state index is 15.1. The van der Waals surface area contributed by atoms with Crippen molar-refractivity contribution in [3.8, 4) is 0 Å². The second kappa shape index (κ2) is 7.31. The normalized spacial score (nSPS) is 23.2. The Balaban J connectivity index is 1.47.